The Morgan fingerprint density at radius 1 is 0.266 bits per heavy atom. The van der Waals surface area contributed by atoms with Crippen molar-refractivity contribution < 1.29 is 28.6 Å². The maximum atomic E-state index is 12.9. The molecule has 0 aliphatic heterocycles. The van der Waals surface area contributed by atoms with Gasteiger partial charge in [0.05, 0.1) is 0 Å². The van der Waals surface area contributed by atoms with Gasteiger partial charge in [-0.05, 0) is 148 Å². The van der Waals surface area contributed by atoms with E-state index in [-0.39, 0.29) is 37.5 Å². The third kappa shape index (κ3) is 63.5. The van der Waals surface area contributed by atoms with E-state index in [0.717, 1.165) is 154 Å². The molecule has 6 heteroatoms. The molecule has 0 radical (unpaired) electrons. The quantitative estimate of drug-likeness (QED) is 0.0261. The third-order valence-corrected chi connectivity index (χ3v) is 12.7. The summed E-state index contributed by atoms with van der Waals surface area (Å²) in [7, 11) is 0. The largest absolute Gasteiger partial charge is 0.462 e. The molecular weight excluding hydrogens is 973 g/mol. The van der Waals surface area contributed by atoms with Crippen LogP contribution in [0.1, 0.15) is 252 Å². The summed E-state index contributed by atoms with van der Waals surface area (Å²) >= 11 is 0. The molecule has 6 nitrogen and oxygen atoms in total. The van der Waals surface area contributed by atoms with Crippen LogP contribution in [0.4, 0.5) is 0 Å². The predicted molar refractivity (Wildman–Crippen MR) is 343 cm³/mol. The molecule has 0 aliphatic rings. The molecule has 1 atom stereocenters. The minimum absolute atomic E-state index is 0.117. The molecule has 0 bridgehead atoms. The van der Waals surface area contributed by atoms with Gasteiger partial charge < -0.3 is 14.2 Å². The number of carbonyl (C=O) groups excluding carboxylic acids is 3. The van der Waals surface area contributed by atoms with Crippen LogP contribution in [-0.2, 0) is 28.6 Å². The Morgan fingerprint density at radius 3 is 0.823 bits per heavy atom. The summed E-state index contributed by atoms with van der Waals surface area (Å²) in [5.74, 6) is -1.01. The summed E-state index contributed by atoms with van der Waals surface area (Å²) in [5.41, 5.74) is 0. The van der Waals surface area contributed by atoms with Crippen LogP contribution in [0.5, 0.6) is 0 Å². The maximum Gasteiger partial charge on any atom is 0.306 e. The van der Waals surface area contributed by atoms with Crippen molar-refractivity contribution in [3.05, 3.63) is 170 Å². The van der Waals surface area contributed by atoms with Crippen LogP contribution in [0, 0.1) is 0 Å². The van der Waals surface area contributed by atoms with E-state index in [2.05, 4.69) is 191 Å². The van der Waals surface area contributed by atoms with Crippen molar-refractivity contribution in [2.24, 2.45) is 0 Å². The number of carbonyl (C=O) groups is 3. The van der Waals surface area contributed by atoms with Crippen LogP contribution in [0.2, 0.25) is 0 Å². The van der Waals surface area contributed by atoms with E-state index in [1.54, 1.807) is 0 Å². The molecule has 0 spiro atoms. The number of allylic oxidation sites excluding steroid dienone is 28. The zero-order valence-electron chi connectivity index (χ0n) is 50.6. The van der Waals surface area contributed by atoms with Crippen molar-refractivity contribution in [2.75, 3.05) is 13.2 Å². The van der Waals surface area contributed by atoms with Gasteiger partial charge in [0.2, 0.25) is 0 Å². The minimum atomic E-state index is -0.827. The van der Waals surface area contributed by atoms with E-state index < -0.39 is 6.10 Å². The Kier molecular flexibility index (Phi) is 61.0. The normalized spacial score (nSPS) is 13.3. The molecular formula is C73H114O6. The summed E-state index contributed by atoms with van der Waals surface area (Å²) in [6.45, 7) is 6.32. The van der Waals surface area contributed by atoms with E-state index in [0.29, 0.717) is 19.3 Å². The van der Waals surface area contributed by atoms with Gasteiger partial charge in [-0.3, -0.25) is 14.4 Å². The van der Waals surface area contributed by atoms with Crippen molar-refractivity contribution >= 4 is 17.9 Å². The molecule has 79 heavy (non-hydrogen) atoms. The Bertz CT molecular complexity index is 1820. The summed E-state index contributed by atoms with van der Waals surface area (Å²) in [6, 6.07) is 0. The fourth-order valence-corrected chi connectivity index (χ4v) is 8.02. The molecule has 0 saturated heterocycles. The Morgan fingerprint density at radius 2 is 0.506 bits per heavy atom. The highest BCUT2D eigenvalue weighted by Crippen LogP contribution is 2.13. The SMILES string of the molecule is CC/C=C\C/C=C\C/C=C\C/C=C\C/C=C\C/C=C\C/C=C\C/C=C\CCCCCCCCC(=O)OCC(COC(=O)CCCCCCC/C=C\CCCCCC)OC(=O)CCC/C=C\C/C=C\C/C=C\C/C=C\C/C=C\CC. The minimum Gasteiger partial charge on any atom is -0.462 e. The van der Waals surface area contributed by atoms with Crippen LogP contribution in [0.25, 0.3) is 0 Å². The smallest absolute Gasteiger partial charge is 0.306 e. The van der Waals surface area contributed by atoms with Gasteiger partial charge >= 0.3 is 17.9 Å². The molecule has 0 aromatic rings. The van der Waals surface area contributed by atoms with Crippen LogP contribution < -0.4 is 0 Å². The number of unbranched alkanes of at least 4 members (excludes halogenated alkanes) is 16. The van der Waals surface area contributed by atoms with Gasteiger partial charge in [0.25, 0.3) is 0 Å². The lowest BCUT2D eigenvalue weighted by Gasteiger charge is -2.18. The van der Waals surface area contributed by atoms with Gasteiger partial charge in [-0.15, -0.1) is 0 Å². The zero-order chi connectivity index (χ0) is 57.1. The molecule has 0 saturated carbocycles. The molecule has 0 heterocycles. The van der Waals surface area contributed by atoms with Gasteiger partial charge in [0.1, 0.15) is 13.2 Å². The van der Waals surface area contributed by atoms with Crippen molar-refractivity contribution in [3.8, 4) is 0 Å². The number of hydrogen-bond donors (Lipinski definition) is 0. The summed E-state index contributed by atoms with van der Waals surface area (Å²) in [5, 5.41) is 0. The molecule has 0 aliphatic carbocycles. The number of hydrogen-bond acceptors (Lipinski definition) is 6. The fraction of sp³-hybridized carbons (Fsp3) is 0.575. The van der Waals surface area contributed by atoms with Crippen LogP contribution in [0.15, 0.2) is 170 Å². The first-order chi connectivity index (χ1) is 39.0. The number of esters is 3. The van der Waals surface area contributed by atoms with Crippen LogP contribution >= 0.6 is 0 Å². The third-order valence-electron chi connectivity index (χ3n) is 12.7. The lowest BCUT2D eigenvalue weighted by atomic mass is 10.1. The Hall–Kier alpha value is -5.23. The van der Waals surface area contributed by atoms with E-state index in [1.165, 1.54) is 51.4 Å². The lowest BCUT2D eigenvalue weighted by molar-refractivity contribution is -0.167. The summed E-state index contributed by atoms with van der Waals surface area (Å²) < 4.78 is 16.8. The molecule has 442 valence electrons. The standard InChI is InChI=1S/C73H114O6/c1-4-7-10-13-16-19-22-25-27-29-30-31-32-33-34-35-36-37-38-39-40-41-42-44-45-48-51-54-57-60-63-66-72(75)78-69-70(68-77-71(74)65-62-59-56-53-50-47-24-21-18-15-12-9-6-3)79-73(76)67-64-61-58-55-52-49-46-43-28-26-23-20-17-14-11-8-5-2/h7-8,10-11,16-17,19-21,24-28,30-31,33-34,36-37,39-40,42,44,46,49,55,58,70H,4-6,9,12-15,18,22-23,29,32,35,38,41,43,45,47-48,50-54,56-57,59-69H2,1-3H3/b10-7-,11-8-,19-16-,20-17-,24-21-,27-25-,28-26-,31-30-,34-33-,37-36-,40-39-,44-42-,49-46-,58-55-. The van der Waals surface area contributed by atoms with Gasteiger partial charge in [0, 0.05) is 19.3 Å². The highest BCUT2D eigenvalue weighted by Gasteiger charge is 2.19. The van der Waals surface area contributed by atoms with E-state index >= 15 is 0 Å². The maximum absolute atomic E-state index is 12.9. The second kappa shape index (κ2) is 65.3. The van der Waals surface area contributed by atoms with Crippen molar-refractivity contribution in [1.29, 1.82) is 0 Å². The van der Waals surface area contributed by atoms with Gasteiger partial charge in [-0.2, -0.15) is 0 Å². The van der Waals surface area contributed by atoms with Gasteiger partial charge in [-0.1, -0.05) is 255 Å². The first-order valence-corrected chi connectivity index (χ1v) is 31.6. The molecule has 0 N–H and O–H groups in total. The summed E-state index contributed by atoms with van der Waals surface area (Å²) in [4.78, 5) is 38.2. The first kappa shape index (κ1) is 73.8. The Labute approximate surface area is 485 Å². The highest BCUT2D eigenvalue weighted by atomic mass is 16.6. The topological polar surface area (TPSA) is 78.9 Å². The molecule has 0 rings (SSSR count). The van der Waals surface area contributed by atoms with E-state index in [1.807, 2.05) is 0 Å². The van der Waals surface area contributed by atoms with E-state index in [9.17, 15) is 14.4 Å². The molecule has 1 unspecified atom stereocenters. The number of ether oxygens (including phenoxy) is 3. The highest BCUT2D eigenvalue weighted by molar-refractivity contribution is 5.71. The monoisotopic (exact) mass is 1090 g/mol. The lowest BCUT2D eigenvalue weighted by Crippen LogP contribution is -2.30. The second-order valence-corrected chi connectivity index (χ2v) is 20.2. The van der Waals surface area contributed by atoms with Gasteiger partial charge in [0.15, 0.2) is 6.10 Å². The molecule has 0 aromatic heterocycles. The van der Waals surface area contributed by atoms with Crippen LogP contribution in [0.3, 0.4) is 0 Å². The van der Waals surface area contributed by atoms with Crippen LogP contribution in [-0.4, -0.2) is 37.2 Å². The average molecular weight is 1090 g/mol. The van der Waals surface area contributed by atoms with E-state index in [4.69, 9.17) is 14.2 Å². The summed E-state index contributed by atoms with van der Waals surface area (Å²) in [6.07, 6.45) is 96.5. The molecule has 0 amide bonds. The number of rotatable bonds is 55. The van der Waals surface area contributed by atoms with Crippen molar-refractivity contribution in [2.45, 2.75) is 258 Å². The molecule has 0 aromatic carbocycles. The average Bonchev–Trinajstić information content (AvgIpc) is 3.45. The van der Waals surface area contributed by atoms with Crippen molar-refractivity contribution in [1.82, 2.24) is 0 Å². The molecule has 0 fully saturated rings. The Balaban J connectivity index is 4.42. The predicted octanol–water partition coefficient (Wildman–Crippen LogP) is 21.9. The van der Waals surface area contributed by atoms with Gasteiger partial charge in [-0.25, -0.2) is 0 Å². The fourth-order valence-electron chi connectivity index (χ4n) is 8.02. The zero-order valence-corrected chi connectivity index (χ0v) is 50.6. The van der Waals surface area contributed by atoms with Crippen molar-refractivity contribution in [3.63, 3.8) is 0 Å². The second-order valence-electron chi connectivity index (χ2n) is 20.2. The first-order valence-electron chi connectivity index (χ1n) is 31.6.